The smallest absolute Gasteiger partial charge is 0.339 e. The maximum Gasteiger partial charge on any atom is 0.339 e. The van der Waals surface area contributed by atoms with Gasteiger partial charge in [-0.1, -0.05) is 0 Å². The van der Waals surface area contributed by atoms with Gasteiger partial charge in [-0.2, -0.15) is 5.26 Å². The van der Waals surface area contributed by atoms with E-state index in [9.17, 15) is 4.79 Å². The molecular weight excluding hydrogens is 214 g/mol. The Morgan fingerprint density at radius 1 is 1.47 bits per heavy atom. The van der Waals surface area contributed by atoms with E-state index < -0.39 is 5.97 Å². The molecule has 0 fully saturated rings. The number of nitrogens with zero attached hydrogens (tertiary/aromatic N) is 1. The number of carbonyl (C=O) groups excluding carboxylic acids is 1. The Hall–Kier alpha value is -1.67. The fourth-order valence-electron chi connectivity index (χ4n) is 1.11. The van der Waals surface area contributed by atoms with Crippen molar-refractivity contribution in [3.8, 4) is 11.8 Å². The summed E-state index contributed by atoms with van der Waals surface area (Å²) in [5.74, 6) is -0.125. The van der Waals surface area contributed by atoms with Gasteiger partial charge in [0, 0.05) is 4.90 Å². The molecule has 0 saturated heterocycles. The Morgan fingerprint density at radius 2 is 2.13 bits per heavy atom. The molecule has 0 atom stereocenters. The average Bonchev–Trinajstić information content (AvgIpc) is 2.26. The van der Waals surface area contributed by atoms with Gasteiger partial charge in [0.15, 0.2) is 0 Å². The highest BCUT2D eigenvalue weighted by atomic mass is 32.1. The van der Waals surface area contributed by atoms with E-state index in [4.69, 9.17) is 10.00 Å². The summed E-state index contributed by atoms with van der Waals surface area (Å²) in [6.07, 6.45) is 0. The quantitative estimate of drug-likeness (QED) is 0.611. The molecule has 78 valence electrons. The van der Waals surface area contributed by atoms with E-state index in [1.807, 2.05) is 6.07 Å². The molecule has 1 aromatic carbocycles. The van der Waals surface area contributed by atoms with Gasteiger partial charge in [-0.05, 0) is 12.1 Å². The Labute approximate surface area is 92.8 Å². The highest BCUT2D eigenvalue weighted by molar-refractivity contribution is 7.80. The van der Waals surface area contributed by atoms with Crippen molar-refractivity contribution in [3.05, 3.63) is 23.3 Å². The SMILES string of the molecule is COC(=O)c1cc(OC)cc(S)c1C#N. The number of rotatable bonds is 2. The molecular formula is C10H9NO3S. The van der Waals surface area contributed by atoms with Crippen molar-refractivity contribution in [2.24, 2.45) is 0 Å². The van der Waals surface area contributed by atoms with Crippen LogP contribution < -0.4 is 4.74 Å². The topological polar surface area (TPSA) is 59.3 Å². The van der Waals surface area contributed by atoms with Crippen LogP contribution in [0.3, 0.4) is 0 Å². The second-order valence-electron chi connectivity index (χ2n) is 2.67. The first-order chi connectivity index (χ1) is 7.13. The molecule has 15 heavy (non-hydrogen) atoms. The molecule has 4 nitrogen and oxygen atoms in total. The Morgan fingerprint density at radius 3 is 2.60 bits per heavy atom. The van der Waals surface area contributed by atoms with Crippen LogP contribution in [-0.2, 0) is 4.74 Å². The second kappa shape index (κ2) is 4.71. The zero-order valence-electron chi connectivity index (χ0n) is 8.27. The molecule has 0 aliphatic carbocycles. The van der Waals surface area contributed by atoms with Crippen molar-refractivity contribution >= 4 is 18.6 Å². The summed E-state index contributed by atoms with van der Waals surface area (Å²) in [5, 5.41) is 8.86. The van der Waals surface area contributed by atoms with Crippen molar-refractivity contribution in [1.29, 1.82) is 5.26 Å². The molecule has 0 aromatic heterocycles. The average molecular weight is 223 g/mol. The van der Waals surface area contributed by atoms with Crippen LogP contribution in [-0.4, -0.2) is 20.2 Å². The Kier molecular flexibility index (Phi) is 3.58. The minimum atomic E-state index is -0.583. The minimum Gasteiger partial charge on any atom is -0.497 e. The molecule has 0 aliphatic rings. The predicted molar refractivity (Wildman–Crippen MR) is 56.3 cm³/mol. The summed E-state index contributed by atoms with van der Waals surface area (Å²) in [7, 11) is 2.72. The van der Waals surface area contributed by atoms with Crippen LogP contribution in [0, 0.1) is 11.3 Å². The number of methoxy groups -OCH3 is 2. The molecule has 0 aliphatic heterocycles. The molecule has 0 radical (unpaired) electrons. The van der Waals surface area contributed by atoms with Crippen LogP contribution in [0.4, 0.5) is 0 Å². The lowest BCUT2D eigenvalue weighted by molar-refractivity contribution is 0.0599. The molecule has 0 bridgehead atoms. The van der Waals surface area contributed by atoms with Gasteiger partial charge in [-0.15, -0.1) is 12.6 Å². The van der Waals surface area contributed by atoms with E-state index in [0.29, 0.717) is 10.6 Å². The number of ether oxygens (including phenoxy) is 2. The Bertz CT molecular complexity index is 437. The van der Waals surface area contributed by atoms with Crippen LogP contribution in [0.25, 0.3) is 0 Å². The lowest BCUT2D eigenvalue weighted by Gasteiger charge is -2.07. The summed E-state index contributed by atoms with van der Waals surface area (Å²) in [6, 6.07) is 4.91. The van der Waals surface area contributed by atoms with Crippen LogP contribution in [0.5, 0.6) is 5.75 Å². The first-order valence-electron chi connectivity index (χ1n) is 4.03. The number of benzene rings is 1. The van der Waals surface area contributed by atoms with Gasteiger partial charge in [0.25, 0.3) is 0 Å². The molecule has 1 rings (SSSR count). The summed E-state index contributed by atoms with van der Waals surface area (Å²) >= 11 is 4.09. The van der Waals surface area contributed by atoms with Gasteiger partial charge in [-0.25, -0.2) is 4.79 Å². The van der Waals surface area contributed by atoms with E-state index in [2.05, 4.69) is 17.4 Å². The highest BCUT2D eigenvalue weighted by Crippen LogP contribution is 2.25. The fraction of sp³-hybridized carbons (Fsp3) is 0.200. The number of nitriles is 1. The van der Waals surface area contributed by atoms with E-state index in [-0.39, 0.29) is 11.1 Å². The van der Waals surface area contributed by atoms with Crippen molar-refractivity contribution in [1.82, 2.24) is 0 Å². The van der Waals surface area contributed by atoms with Crippen LogP contribution >= 0.6 is 12.6 Å². The first kappa shape index (κ1) is 11.4. The molecule has 0 saturated carbocycles. The maximum atomic E-state index is 11.4. The van der Waals surface area contributed by atoms with Crippen molar-refractivity contribution in [3.63, 3.8) is 0 Å². The van der Waals surface area contributed by atoms with Gasteiger partial charge in [0.1, 0.15) is 11.8 Å². The van der Waals surface area contributed by atoms with E-state index in [1.54, 1.807) is 6.07 Å². The summed E-state index contributed by atoms with van der Waals surface area (Å²) in [4.78, 5) is 11.7. The maximum absolute atomic E-state index is 11.4. The third-order valence-electron chi connectivity index (χ3n) is 1.84. The predicted octanol–water partition coefficient (Wildman–Crippen LogP) is 1.64. The zero-order valence-corrected chi connectivity index (χ0v) is 9.17. The summed E-state index contributed by atoms with van der Waals surface area (Å²) < 4.78 is 9.52. The molecule has 5 heteroatoms. The van der Waals surface area contributed by atoms with Gasteiger partial charge in [0.05, 0.1) is 25.3 Å². The summed E-state index contributed by atoms with van der Waals surface area (Å²) in [5.41, 5.74) is 0.343. The molecule has 0 heterocycles. The van der Waals surface area contributed by atoms with Gasteiger partial charge < -0.3 is 9.47 Å². The third kappa shape index (κ3) is 2.22. The Balaban J connectivity index is 3.40. The molecule has 1 aromatic rings. The van der Waals surface area contributed by atoms with Crippen molar-refractivity contribution < 1.29 is 14.3 Å². The second-order valence-corrected chi connectivity index (χ2v) is 3.15. The van der Waals surface area contributed by atoms with Gasteiger partial charge in [-0.3, -0.25) is 0 Å². The van der Waals surface area contributed by atoms with E-state index in [1.165, 1.54) is 20.3 Å². The zero-order chi connectivity index (χ0) is 11.4. The van der Waals surface area contributed by atoms with Crippen molar-refractivity contribution in [2.75, 3.05) is 14.2 Å². The lowest BCUT2D eigenvalue weighted by Crippen LogP contribution is -2.05. The monoisotopic (exact) mass is 223 g/mol. The highest BCUT2D eigenvalue weighted by Gasteiger charge is 2.16. The first-order valence-corrected chi connectivity index (χ1v) is 4.48. The molecule has 0 N–H and O–H groups in total. The normalized spacial score (nSPS) is 9.20. The largest absolute Gasteiger partial charge is 0.497 e. The van der Waals surface area contributed by atoms with E-state index >= 15 is 0 Å². The lowest BCUT2D eigenvalue weighted by atomic mass is 10.1. The number of hydrogen-bond acceptors (Lipinski definition) is 5. The van der Waals surface area contributed by atoms with Gasteiger partial charge >= 0.3 is 5.97 Å². The summed E-state index contributed by atoms with van der Waals surface area (Å²) in [6.45, 7) is 0. The van der Waals surface area contributed by atoms with Gasteiger partial charge in [0.2, 0.25) is 0 Å². The van der Waals surface area contributed by atoms with Crippen LogP contribution in [0.15, 0.2) is 17.0 Å². The number of hydrogen-bond donors (Lipinski definition) is 1. The minimum absolute atomic E-state index is 0.157. The number of esters is 1. The standard InChI is InChI=1S/C10H9NO3S/c1-13-6-3-7(10(12)14-2)8(5-11)9(15)4-6/h3-4,15H,1-2H3. The molecule has 0 spiro atoms. The number of thiol groups is 1. The molecule has 0 unspecified atom stereocenters. The number of carbonyl (C=O) groups is 1. The van der Waals surface area contributed by atoms with Crippen LogP contribution in [0.2, 0.25) is 0 Å². The fourth-order valence-corrected chi connectivity index (χ4v) is 1.40. The molecule has 0 amide bonds. The van der Waals surface area contributed by atoms with E-state index in [0.717, 1.165) is 0 Å². The van der Waals surface area contributed by atoms with Crippen LogP contribution in [0.1, 0.15) is 15.9 Å². The third-order valence-corrected chi connectivity index (χ3v) is 2.20. The van der Waals surface area contributed by atoms with Crippen molar-refractivity contribution in [2.45, 2.75) is 4.90 Å².